The second-order valence-electron chi connectivity index (χ2n) is 7.99. The highest BCUT2D eigenvalue weighted by molar-refractivity contribution is 5.92. The lowest BCUT2D eigenvalue weighted by atomic mass is 9.96. The van der Waals surface area contributed by atoms with Crippen LogP contribution in [0.4, 0.5) is 0 Å². The molecule has 8 heteroatoms. The van der Waals surface area contributed by atoms with Gasteiger partial charge in [-0.25, -0.2) is 0 Å². The van der Waals surface area contributed by atoms with Crippen molar-refractivity contribution in [2.24, 2.45) is 5.92 Å². The molecule has 1 aliphatic heterocycles. The largest absolute Gasteiger partial charge is 0.494 e. The standard InChI is InChI=1S/C26H31N3O5/c1-3-33-22-10-12-23(13-11-22)34-19(2)25(31)27-28-26(32)21-15-17-29(18-16-21)24(30)14-9-20-7-5-4-6-8-20/h4-14,19,21H,3,15-18H2,1-2H3,(H,27,31)(H,28,32)/b14-9+. The number of benzene rings is 2. The van der Waals surface area contributed by atoms with Crippen LogP contribution in [0.5, 0.6) is 11.5 Å². The third kappa shape index (κ3) is 7.37. The molecule has 2 aromatic carbocycles. The van der Waals surface area contributed by atoms with Gasteiger partial charge in [-0.3, -0.25) is 25.2 Å². The first-order valence-electron chi connectivity index (χ1n) is 11.5. The zero-order chi connectivity index (χ0) is 24.3. The highest BCUT2D eigenvalue weighted by Gasteiger charge is 2.27. The Morgan fingerprint density at radius 2 is 1.65 bits per heavy atom. The number of carbonyl (C=O) groups excluding carboxylic acids is 3. The van der Waals surface area contributed by atoms with Crippen molar-refractivity contribution in [2.45, 2.75) is 32.8 Å². The summed E-state index contributed by atoms with van der Waals surface area (Å²) >= 11 is 0. The predicted molar refractivity (Wildman–Crippen MR) is 129 cm³/mol. The molecular formula is C26H31N3O5. The number of nitrogens with one attached hydrogen (secondary N) is 2. The van der Waals surface area contributed by atoms with Gasteiger partial charge in [0.15, 0.2) is 6.10 Å². The van der Waals surface area contributed by atoms with E-state index in [9.17, 15) is 14.4 Å². The number of amides is 3. The molecule has 0 bridgehead atoms. The molecule has 1 fully saturated rings. The predicted octanol–water partition coefficient (Wildman–Crippen LogP) is 2.95. The van der Waals surface area contributed by atoms with E-state index in [4.69, 9.17) is 9.47 Å². The van der Waals surface area contributed by atoms with E-state index >= 15 is 0 Å². The second-order valence-corrected chi connectivity index (χ2v) is 7.99. The van der Waals surface area contributed by atoms with E-state index in [1.165, 1.54) is 0 Å². The fourth-order valence-corrected chi connectivity index (χ4v) is 3.56. The van der Waals surface area contributed by atoms with Crippen molar-refractivity contribution in [3.05, 3.63) is 66.2 Å². The quantitative estimate of drug-likeness (QED) is 0.462. The summed E-state index contributed by atoms with van der Waals surface area (Å²) in [5, 5.41) is 0. The Balaban J connectivity index is 1.38. The van der Waals surface area contributed by atoms with E-state index in [0.717, 1.165) is 11.3 Å². The Kier molecular flexibility index (Phi) is 9.08. The third-order valence-electron chi connectivity index (χ3n) is 5.52. The van der Waals surface area contributed by atoms with Crippen LogP contribution in [0.2, 0.25) is 0 Å². The lowest BCUT2D eigenvalue weighted by Crippen LogP contribution is -2.50. The first kappa shape index (κ1) is 24.8. The molecule has 0 aromatic heterocycles. The molecule has 0 aliphatic carbocycles. The van der Waals surface area contributed by atoms with Gasteiger partial charge in [0.25, 0.3) is 5.91 Å². The van der Waals surface area contributed by atoms with Crippen molar-refractivity contribution in [1.29, 1.82) is 0 Å². The molecule has 180 valence electrons. The number of hydrogen-bond donors (Lipinski definition) is 2. The van der Waals surface area contributed by atoms with E-state index in [0.29, 0.717) is 38.3 Å². The van der Waals surface area contributed by atoms with Crippen LogP contribution in [0.15, 0.2) is 60.7 Å². The number of nitrogens with zero attached hydrogens (tertiary/aromatic N) is 1. The maximum atomic E-state index is 12.5. The highest BCUT2D eigenvalue weighted by atomic mass is 16.5. The van der Waals surface area contributed by atoms with E-state index < -0.39 is 12.0 Å². The number of rotatable bonds is 8. The monoisotopic (exact) mass is 465 g/mol. The smallest absolute Gasteiger partial charge is 0.279 e. The molecule has 0 spiro atoms. The third-order valence-corrected chi connectivity index (χ3v) is 5.52. The SMILES string of the molecule is CCOc1ccc(OC(C)C(=O)NNC(=O)C2CCN(C(=O)/C=C/c3ccccc3)CC2)cc1. The van der Waals surface area contributed by atoms with Crippen LogP contribution in [0, 0.1) is 5.92 Å². The second kappa shape index (κ2) is 12.4. The van der Waals surface area contributed by atoms with Crippen LogP contribution in [-0.4, -0.2) is 48.4 Å². The molecule has 1 heterocycles. The zero-order valence-electron chi connectivity index (χ0n) is 19.5. The van der Waals surface area contributed by atoms with Crippen molar-refractivity contribution in [1.82, 2.24) is 15.8 Å². The van der Waals surface area contributed by atoms with Crippen molar-refractivity contribution in [2.75, 3.05) is 19.7 Å². The summed E-state index contributed by atoms with van der Waals surface area (Å²) in [7, 11) is 0. The van der Waals surface area contributed by atoms with Crippen molar-refractivity contribution in [3.8, 4) is 11.5 Å². The van der Waals surface area contributed by atoms with Gasteiger partial charge in [-0.15, -0.1) is 0 Å². The summed E-state index contributed by atoms with van der Waals surface area (Å²) in [6.45, 7) is 5.05. The molecule has 0 saturated carbocycles. The Bertz CT molecular complexity index is 983. The molecule has 2 aromatic rings. The molecule has 8 nitrogen and oxygen atoms in total. The number of ether oxygens (including phenoxy) is 2. The van der Waals surface area contributed by atoms with Crippen molar-refractivity contribution in [3.63, 3.8) is 0 Å². The van der Waals surface area contributed by atoms with Crippen molar-refractivity contribution >= 4 is 23.8 Å². The number of hydrogen-bond acceptors (Lipinski definition) is 5. The van der Waals surface area contributed by atoms with Crippen LogP contribution in [0.1, 0.15) is 32.3 Å². The maximum absolute atomic E-state index is 12.5. The van der Waals surface area contributed by atoms with E-state index in [1.807, 2.05) is 37.3 Å². The number of hydrazine groups is 1. The van der Waals surface area contributed by atoms with E-state index in [2.05, 4.69) is 10.9 Å². The molecule has 1 saturated heterocycles. The van der Waals surface area contributed by atoms with Gasteiger partial charge in [0.1, 0.15) is 11.5 Å². The topological polar surface area (TPSA) is 97.0 Å². The molecule has 1 atom stereocenters. The average molecular weight is 466 g/mol. The maximum Gasteiger partial charge on any atom is 0.279 e. The van der Waals surface area contributed by atoms with Crippen LogP contribution < -0.4 is 20.3 Å². The molecular weight excluding hydrogens is 434 g/mol. The number of carbonyl (C=O) groups is 3. The van der Waals surface area contributed by atoms with E-state index in [-0.39, 0.29) is 17.7 Å². The molecule has 1 unspecified atom stereocenters. The van der Waals surface area contributed by atoms with E-state index in [1.54, 1.807) is 48.2 Å². The van der Waals surface area contributed by atoms with Gasteiger partial charge in [0, 0.05) is 25.1 Å². The summed E-state index contributed by atoms with van der Waals surface area (Å²) in [5.74, 6) is 0.172. The summed E-state index contributed by atoms with van der Waals surface area (Å²) in [6, 6.07) is 16.6. The molecule has 1 aliphatic rings. The van der Waals surface area contributed by atoms with Gasteiger partial charge in [-0.05, 0) is 62.6 Å². The summed E-state index contributed by atoms with van der Waals surface area (Å²) in [4.78, 5) is 38.9. The molecule has 0 radical (unpaired) electrons. The fraction of sp³-hybridized carbons (Fsp3) is 0.346. The normalized spacial score (nSPS) is 14.9. The Hall–Kier alpha value is -3.81. The lowest BCUT2D eigenvalue weighted by Gasteiger charge is -2.30. The fourth-order valence-electron chi connectivity index (χ4n) is 3.56. The Labute approximate surface area is 199 Å². The van der Waals surface area contributed by atoms with Gasteiger partial charge in [-0.1, -0.05) is 30.3 Å². The molecule has 3 rings (SSSR count). The van der Waals surface area contributed by atoms with Gasteiger partial charge in [0.05, 0.1) is 6.61 Å². The van der Waals surface area contributed by atoms with Crippen LogP contribution in [0.3, 0.4) is 0 Å². The van der Waals surface area contributed by atoms with Crippen LogP contribution in [0.25, 0.3) is 6.08 Å². The minimum atomic E-state index is -0.797. The first-order valence-corrected chi connectivity index (χ1v) is 11.5. The Morgan fingerprint density at radius 1 is 1.00 bits per heavy atom. The molecule has 2 N–H and O–H groups in total. The average Bonchev–Trinajstić information content (AvgIpc) is 2.87. The molecule has 34 heavy (non-hydrogen) atoms. The van der Waals surface area contributed by atoms with Crippen LogP contribution in [-0.2, 0) is 14.4 Å². The van der Waals surface area contributed by atoms with Gasteiger partial charge in [-0.2, -0.15) is 0 Å². The summed E-state index contributed by atoms with van der Waals surface area (Å²) < 4.78 is 11.0. The number of piperidine rings is 1. The Morgan fingerprint density at radius 3 is 2.29 bits per heavy atom. The zero-order valence-corrected chi connectivity index (χ0v) is 19.5. The number of likely N-dealkylation sites (tertiary alicyclic amines) is 1. The molecule has 3 amide bonds. The minimum Gasteiger partial charge on any atom is -0.494 e. The van der Waals surface area contributed by atoms with Gasteiger partial charge < -0.3 is 14.4 Å². The minimum absolute atomic E-state index is 0.0729. The van der Waals surface area contributed by atoms with Gasteiger partial charge in [0.2, 0.25) is 11.8 Å². The van der Waals surface area contributed by atoms with Gasteiger partial charge >= 0.3 is 0 Å². The van der Waals surface area contributed by atoms with Crippen molar-refractivity contribution < 1.29 is 23.9 Å². The summed E-state index contributed by atoms with van der Waals surface area (Å²) in [6.07, 6.45) is 3.61. The highest BCUT2D eigenvalue weighted by Crippen LogP contribution is 2.19. The summed E-state index contributed by atoms with van der Waals surface area (Å²) in [5.41, 5.74) is 5.86. The lowest BCUT2D eigenvalue weighted by molar-refractivity contribution is -0.136. The van der Waals surface area contributed by atoms with Crippen LogP contribution >= 0.6 is 0 Å². The first-order chi connectivity index (χ1) is 16.5.